The molecule has 2 atom stereocenters. The van der Waals surface area contributed by atoms with E-state index in [-0.39, 0.29) is 29.6 Å². The molecule has 1 aliphatic rings. The molecule has 10 nitrogen and oxygen atoms in total. The summed E-state index contributed by atoms with van der Waals surface area (Å²) in [7, 11) is 0.304. The minimum Gasteiger partial charge on any atom is -0.494 e. The van der Waals surface area contributed by atoms with Crippen molar-refractivity contribution in [1.29, 1.82) is 0 Å². The number of hydrogen-bond donors (Lipinski definition) is 3. The van der Waals surface area contributed by atoms with Gasteiger partial charge in [-0.1, -0.05) is 18.2 Å². The number of nitrogens with zero attached hydrogens (tertiary/aromatic N) is 2. The van der Waals surface area contributed by atoms with Gasteiger partial charge in [0.25, 0.3) is 5.91 Å². The van der Waals surface area contributed by atoms with Gasteiger partial charge in [0.2, 0.25) is 5.90 Å². The standard InChI is InChI=1S/C27H38N4O6S/c1-21-27(26(33)30-28-16-7-17-31(2)3,15-20-38(34,35)24-9-5-4-6-10-24)29-25(37-21)22-11-13-23(14-12-22)36-19-8-18-32/h4-6,9-14,21,28,32H,7-8,15-20H2,1-3H3,(H,30,33)/t21-,27-/m0/s1. The van der Waals surface area contributed by atoms with Crippen molar-refractivity contribution in [2.45, 2.75) is 42.7 Å². The minimum atomic E-state index is -3.65. The van der Waals surface area contributed by atoms with Gasteiger partial charge >= 0.3 is 0 Å². The Morgan fingerprint density at radius 3 is 2.50 bits per heavy atom. The van der Waals surface area contributed by atoms with Crippen LogP contribution in [0.25, 0.3) is 0 Å². The van der Waals surface area contributed by atoms with E-state index in [4.69, 9.17) is 19.6 Å². The van der Waals surface area contributed by atoms with Crippen molar-refractivity contribution in [1.82, 2.24) is 15.8 Å². The van der Waals surface area contributed by atoms with Crippen molar-refractivity contribution < 1.29 is 27.8 Å². The Morgan fingerprint density at radius 1 is 1.13 bits per heavy atom. The van der Waals surface area contributed by atoms with Crippen LogP contribution in [-0.4, -0.2) is 88.0 Å². The molecule has 0 spiro atoms. The van der Waals surface area contributed by atoms with Crippen molar-refractivity contribution in [2.24, 2.45) is 4.99 Å². The molecule has 38 heavy (non-hydrogen) atoms. The highest BCUT2D eigenvalue weighted by atomic mass is 32.2. The summed E-state index contributed by atoms with van der Waals surface area (Å²) in [6.07, 6.45) is 0.591. The molecule has 0 saturated heterocycles. The topological polar surface area (TPSA) is 130 Å². The number of aliphatic hydroxyl groups excluding tert-OH is 1. The fraction of sp³-hybridized carbons (Fsp3) is 0.481. The summed E-state index contributed by atoms with van der Waals surface area (Å²) in [5.74, 6) is 0.178. The second-order valence-electron chi connectivity index (χ2n) is 9.47. The maximum absolute atomic E-state index is 13.5. The number of benzene rings is 2. The van der Waals surface area contributed by atoms with Crippen LogP contribution < -0.4 is 15.6 Å². The van der Waals surface area contributed by atoms with E-state index < -0.39 is 27.4 Å². The van der Waals surface area contributed by atoms with E-state index in [0.717, 1.165) is 13.0 Å². The molecule has 2 aromatic carbocycles. The predicted octanol–water partition coefficient (Wildman–Crippen LogP) is 1.79. The number of rotatable bonds is 15. The van der Waals surface area contributed by atoms with E-state index in [2.05, 4.69) is 10.9 Å². The molecule has 0 bridgehead atoms. The van der Waals surface area contributed by atoms with Gasteiger partial charge in [-0.25, -0.2) is 18.8 Å². The van der Waals surface area contributed by atoms with Crippen molar-refractivity contribution in [2.75, 3.05) is 46.2 Å². The van der Waals surface area contributed by atoms with E-state index >= 15 is 0 Å². The fourth-order valence-electron chi connectivity index (χ4n) is 4.02. The number of carbonyl (C=O) groups is 1. The summed E-state index contributed by atoms with van der Waals surface area (Å²) < 4.78 is 37.7. The Balaban J connectivity index is 1.81. The van der Waals surface area contributed by atoms with E-state index in [1.54, 1.807) is 61.5 Å². The Bertz CT molecular complexity index is 1170. The van der Waals surface area contributed by atoms with Crippen LogP contribution >= 0.6 is 0 Å². The maximum atomic E-state index is 13.5. The van der Waals surface area contributed by atoms with Crippen LogP contribution in [0.2, 0.25) is 0 Å². The quantitative estimate of drug-likeness (QED) is 0.228. The molecule has 208 valence electrons. The third-order valence-corrected chi connectivity index (χ3v) is 8.02. The average molecular weight is 547 g/mol. The number of hydrazine groups is 1. The van der Waals surface area contributed by atoms with Gasteiger partial charge in [0.1, 0.15) is 11.9 Å². The second-order valence-corrected chi connectivity index (χ2v) is 11.6. The van der Waals surface area contributed by atoms with Crippen LogP contribution in [0.5, 0.6) is 5.75 Å². The monoisotopic (exact) mass is 546 g/mol. The van der Waals surface area contributed by atoms with Gasteiger partial charge in [-0.3, -0.25) is 10.2 Å². The van der Waals surface area contributed by atoms with Crippen molar-refractivity contribution >= 4 is 21.6 Å². The van der Waals surface area contributed by atoms with Gasteiger partial charge in [0, 0.05) is 25.1 Å². The Labute approximate surface area is 224 Å². The molecule has 0 fully saturated rings. The van der Waals surface area contributed by atoms with Gasteiger partial charge in [0.05, 0.1) is 17.3 Å². The molecule has 0 radical (unpaired) electrons. The zero-order valence-electron chi connectivity index (χ0n) is 22.2. The molecule has 3 rings (SSSR count). The maximum Gasteiger partial charge on any atom is 0.266 e. The SMILES string of the molecule is C[C@@H]1OC(c2ccc(OCCCO)cc2)=N[C@]1(CCS(=O)(=O)c1ccccc1)C(=O)NNCCCN(C)C. The summed E-state index contributed by atoms with van der Waals surface area (Å²) in [5, 5.41) is 8.92. The van der Waals surface area contributed by atoms with Crippen molar-refractivity contribution in [3.63, 3.8) is 0 Å². The predicted molar refractivity (Wildman–Crippen MR) is 146 cm³/mol. The molecule has 11 heteroatoms. The number of nitrogens with one attached hydrogen (secondary N) is 2. The Hall–Kier alpha value is -2.99. The molecular formula is C27H38N4O6S. The number of hydrogen-bond acceptors (Lipinski definition) is 9. The molecular weight excluding hydrogens is 508 g/mol. The smallest absolute Gasteiger partial charge is 0.266 e. The second kappa shape index (κ2) is 13.7. The number of amides is 1. The first-order valence-electron chi connectivity index (χ1n) is 12.7. The highest BCUT2D eigenvalue weighted by molar-refractivity contribution is 7.91. The van der Waals surface area contributed by atoms with Gasteiger partial charge in [-0.15, -0.1) is 0 Å². The third-order valence-electron chi connectivity index (χ3n) is 6.29. The lowest BCUT2D eigenvalue weighted by atomic mass is 9.90. The first-order chi connectivity index (χ1) is 18.2. The van der Waals surface area contributed by atoms with Crippen LogP contribution in [0.3, 0.4) is 0 Å². The number of aliphatic imine (C=N–C) groups is 1. The fourth-order valence-corrected chi connectivity index (χ4v) is 5.41. The van der Waals surface area contributed by atoms with E-state index in [9.17, 15) is 13.2 Å². The summed E-state index contributed by atoms with van der Waals surface area (Å²) in [6.45, 7) is 3.57. The van der Waals surface area contributed by atoms with Crippen LogP contribution in [0.4, 0.5) is 0 Å². The van der Waals surface area contributed by atoms with E-state index in [1.807, 2.05) is 19.0 Å². The normalized spacial score (nSPS) is 19.2. The first-order valence-corrected chi connectivity index (χ1v) is 14.4. The van der Waals surface area contributed by atoms with Crippen molar-refractivity contribution in [3.05, 3.63) is 60.2 Å². The molecule has 1 amide bonds. The summed E-state index contributed by atoms with van der Waals surface area (Å²) in [4.78, 5) is 20.4. The minimum absolute atomic E-state index is 0.0509. The zero-order valence-corrected chi connectivity index (χ0v) is 23.0. The first kappa shape index (κ1) is 29.6. The van der Waals surface area contributed by atoms with Gasteiger partial charge < -0.3 is 19.5 Å². The molecule has 3 N–H and O–H groups in total. The number of sulfone groups is 1. The third kappa shape index (κ3) is 7.76. The summed E-state index contributed by atoms with van der Waals surface area (Å²) >= 11 is 0. The van der Waals surface area contributed by atoms with Crippen LogP contribution in [-0.2, 0) is 19.4 Å². The lowest BCUT2D eigenvalue weighted by Gasteiger charge is -2.28. The average Bonchev–Trinajstić information content (AvgIpc) is 3.25. The van der Waals surface area contributed by atoms with Gasteiger partial charge in [-0.05, 0) is 76.8 Å². The zero-order chi connectivity index (χ0) is 27.6. The largest absolute Gasteiger partial charge is 0.494 e. The highest BCUT2D eigenvalue weighted by Crippen LogP contribution is 2.33. The number of carbonyl (C=O) groups excluding carboxylic acids is 1. The molecule has 0 saturated carbocycles. The molecule has 0 aromatic heterocycles. The summed E-state index contributed by atoms with van der Waals surface area (Å²) in [6, 6.07) is 15.2. The lowest BCUT2D eigenvalue weighted by Crippen LogP contribution is -2.55. The van der Waals surface area contributed by atoms with E-state index in [1.165, 1.54) is 0 Å². The van der Waals surface area contributed by atoms with Gasteiger partial charge in [0.15, 0.2) is 15.4 Å². The molecule has 1 aliphatic heterocycles. The lowest BCUT2D eigenvalue weighted by molar-refractivity contribution is -0.129. The number of aliphatic hydroxyl groups is 1. The van der Waals surface area contributed by atoms with Crippen LogP contribution in [0.15, 0.2) is 64.5 Å². The number of ether oxygens (including phenoxy) is 2. The molecule has 0 unspecified atom stereocenters. The molecule has 0 aliphatic carbocycles. The Morgan fingerprint density at radius 2 is 1.84 bits per heavy atom. The summed E-state index contributed by atoms with van der Waals surface area (Å²) in [5.41, 5.74) is 4.87. The molecule has 1 heterocycles. The van der Waals surface area contributed by atoms with Crippen LogP contribution in [0.1, 0.15) is 31.7 Å². The van der Waals surface area contributed by atoms with Crippen LogP contribution in [0, 0.1) is 0 Å². The highest BCUT2D eigenvalue weighted by Gasteiger charge is 2.50. The van der Waals surface area contributed by atoms with Gasteiger partial charge in [-0.2, -0.15) is 0 Å². The van der Waals surface area contributed by atoms with Crippen molar-refractivity contribution in [3.8, 4) is 5.75 Å². The Kier molecular flexibility index (Phi) is 10.7. The van der Waals surface area contributed by atoms with E-state index in [0.29, 0.717) is 30.9 Å². The molecule has 2 aromatic rings.